The highest BCUT2D eigenvalue weighted by Crippen LogP contribution is 2.42. The van der Waals surface area contributed by atoms with Crippen LogP contribution in [-0.4, -0.2) is 35.9 Å². The van der Waals surface area contributed by atoms with Gasteiger partial charge < -0.3 is 23.9 Å². The van der Waals surface area contributed by atoms with Gasteiger partial charge in [-0.2, -0.15) is 0 Å². The molecule has 178 valence electrons. The van der Waals surface area contributed by atoms with Gasteiger partial charge >= 0.3 is 0 Å². The Morgan fingerprint density at radius 2 is 1.91 bits per heavy atom. The molecule has 1 aliphatic rings. The number of hydrogen-bond donors (Lipinski definition) is 1. The van der Waals surface area contributed by atoms with Crippen LogP contribution < -0.4 is 9.47 Å². The van der Waals surface area contributed by atoms with Crippen molar-refractivity contribution in [2.24, 2.45) is 0 Å². The van der Waals surface area contributed by atoms with Crippen LogP contribution in [0.5, 0.6) is 11.5 Å². The number of furan rings is 1. The first kappa shape index (κ1) is 23.2. The SMILES string of the molecule is COc1ccc(CN2C(=O)C(O)=C(C(=O)c3cc4cc(Br)ccc4o3)C2c2cccs2)cc1OC. The molecule has 2 aromatic carbocycles. The first-order valence-corrected chi connectivity index (χ1v) is 12.3. The molecule has 0 saturated carbocycles. The van der Waals surface area contributed by atoms with Gasteiger partial charge in [-0.05, 0) is 53.4 Å². The third-order valence-corrected chi connectivity index (χ3v) is 7.28. The van der Waals surface area contributed by atoms with Crippen LogP contribution >= 0.6 is 27.3 Å². The molecule has 0 aliphatic carbocycles. The highest BCUT2D eigenvalue weighted by Gasteiger charge is 2.45. The van der Waals surface area contributed by atoms with E-state index in [4.69, 9.17) is 13.9 Å². The number of ketones is 1. The number of aliphatic hydroxyl groups is 1. The molecule has 1 N–H and O–H groups in total. The summed E-state index contributed by atoms with van der Waals surface area (Å²) in [6, 6.07) is 15.3. The van der Waals surface area contributed by atoms with Crippen LogP contribution in [0.1, 0.15) is 27.0 Å². The number of carbonyl (C=O) groups is 2. The number of nitrogens with zero attached hydrogens (tertiary/aromatic N) is 1. The maximum Gasteiger partial charge on any atom is 0.290 e. The molecule has 5 rings (SSSR count). The van der Waals surface area contributed by atoms with Crippen molar-refractivity contribution in [3.63, 3.8) is 0 Å². The van der Waals surface area contributed by atoms with Gasteiger partial charge in [0, 0.05) is 21.3 Å². The van der Waals surface area contributed by atoms with Crippen molar-refractivity contribution in [2.75, 3.05) is 14.2 Å². The van der Waals surface area contributed by atoms with Crippen molar-refractivity contribution in [2.45, 2.75) is 12.6 Å². The van der Waals surface area contributed by atoms with E-state index in [1.165, 1.54) is 23.3 Å². The molecule has 1 aliphatic heterocycles. The Bertz CT molecular complexity index is 1470. The van der Waals surface area contributed by atoms with E-state index in [0.717, 1.165) is 20.3 Å². The summed E-state index contributed by atoms with van der Waals surface area (Å²) in [5.41, 5.74) is 1.29. The zero-order valence-corrected chi connectivity index (χ0v) is 21.2. The van der Waals surface area contributed by atoms with Gasteiger partial charge in [0.05, 0.1) is 19.8 Å². The molecule has 2 aromatic heterocycles. The lowest BCUT2D eigenvalue weighted by molar-refractivity contribution is -0.130. The van der Waals surface area contributed by atoms with E-state index >= 15 is 0 Å². The first-order valence-electron chi connectivity index (χ1n) is 10.6. The predicted octanol–water partition coefficient (Wildman–Crippen LogP) is 6.05. The monoisotopic (exact) mass is 553 g/mol. The number of carbonyl (C=O) groups excluding carboxylic acids is 2. The molecule has 0 fully saturated rings. The summed E-state index contributed by atoms with van der Waals surface area (Å²) in [5, 5.41) is 13.5. The molecule has 0 radical (unpaired) electrons. The minimum absolute atomic E-state index is 0.00366. The number of aliphatic hydroxyl groups excluding tert-OH is 1. The molecule has 4 aromatic rings. The van der Waals surface area contributed by atoms with E-state index in [1.807, 2.05) is 35.7 Å². The Labute approximate surface area is 213 Å². The van der Waals surface area contributed by atoms with Gasteiger partial charge in [0.25, 0.3) is 5.91 Å². The fourth-order valence-corrected chi connectivity index (χ4v) is 5.45. The molecule has 0 saturated heterocycles. The van der Waals surface area contributed by atoms with Crippen LogP contribution in [0.2, 0.25) is 0 Å². The fourth-order valence-electron chi connectivity index (χ4n) is 4.23. The minimum Gasteiger partial charge on any atom is -0.503 e. The van der Waals surface area contributed by atoms with Crippen molar-refractivity contribution < 1.29 is 28.6 Å². The second kappa shape index (κ2) is 9.24. The average Bonchev–Trinajstić information content (AvgIpc) is 3.59. The zero-order valence-electron chi connectivity index (χ0n) is 18.8. The number of rotatable bonds is 7. The normalized spacial score (nSPS) is 15.8. The van der Waals surface area contributed by atoms with Gasteiger partial charge in [0.2, 0.25) is 5.78 Å². The van der Waals surface area contributed by atoms with Gasteiger partial charge in [-0.3, -0.25) is 9.59 Å². The summed E-state index contributed by atoms with van der Waals surface area (Å²) in [5.74, 6) is -0.590. The molecule has 0 spiro atoms. The number of methoxy groups -OCH3 is 2. The molecule has 7 nitrogen and oxygen atoms in total. The topological polar surface area (TPSA) is 89.2 Å². The van der Waals surface area contributed by atoms with Gasteiger partial charge in [-0.25, -0.2) is 0 Å². The van der Waals surface area contributed by atoms with E-state index in [-0.39, 0.29) is 17.9 Å². The van der Waals surface area contributed by atoms with Gasteiger partial charge in [-0.15, -0.1) is 11.3 Å². The summed E-state index contributed by atoms with van der Waals surface area (Å²) >= 11 is 4.82. The predicted molar refractivity (Wildman–Crippen MR) is 135 cm³/mol. The first-order chi connectivity index (χ1) is 16.9. The minimum atomic E-state index is -0.761. The van der Waals surface area contributed by atoms with Gasteiger partial charge in [-0.1, -0.05) is 28.1 Å². The lowest BCUT2D eigenvalue weighted by Crippen LogP contribution is -2.30. The molecule has 1 atom stereocenters. The average molecular weight is 554 g/mol. The fraction of sp³-hybridized carbons (Fsp3) is 0.154. The highest BCUT2D eigenvalue weighted by molar-refractivity contribution is 9.10. The van der Waals surface area contributed by atoms with Crippen molar-refractivity contribution in [1.82, 2.24) is 4.90 Å². The molecular weight excluding hydrogens is 534 g/mol. The molecule has 1 amide bonds. The maximum absolute atomic E-state index is 13.6. The van der Waals surface area contributed by atoms with Crippen molar-refractivity contribution >= 4 is 49.9 Å². The Hall–Kier alpha value is -3.56. The molecule has 1 unspecified atom stereocenters. The number of ether oxygens (including phenoxy) is 2. The summed E-state index contributed by atoms with van der Waals surface area (Å²) in [6.45, 7) is 0.148. The van der Waals surface area contributed by atoms with E-state index < -0.39 is 23.5 Å². The van der Waals surface area contributed by atoms with Crippen LogP contribution in [0.3, 0.4) is 0 Å². The molecule has 3 heterocycles. The van der Waals surface area contributed by atoms with Crippen LogP contribution in [0.15, 0.2) is 80.2 Å². The smallest absolute Gasteiger partial charge is 0.290 e. The quantitative estimate of drug-likeness (QED) is 0.280. The molecule has 0 bridgehead atoms. The Balaban J connectivity index is 1.54. The number of amides is 1. The maximum atomic E-state index is 13.6. The highest BCUT2D eigenvalue weighted by atomic mass is 79.9. The largest absolute Gasteiger partial charge is 0.503 e. The third kappa shape index (κ3) is 4.11. The van der Waals surface area contributed by atoms with E-state index in [2.05, 4.69) is 15.9 Å². The number of halogens is 1. The van der Waals surface area contributed by atoms with Crippen LogP contribution in [-0.2, 0) is 11.3 Å². The summed E-state index contributed by atoms with van der Waals surface area (Å²) < 4.78 is 17.3. The van der Waals surface area contributed by atoms with E-state index in [9.17, 15) is 14.7 Å². The Morgan fingerprint density at radius 1 is 1.11 bits per heavy atom. The molecule has 35 heavy (non-hydrogen) atoms. The van der Waals surface area contributed by atoms with E-state index in [0.29, 0.717) is 17.1 Å². The number of thiophene rings is 1. The number of Topliss-reactive ketones (excluding diaryl/α,β-unsaturated/α-hetero) is 1. The lowest BCUT2D eigenvalue weighted by atomic mass is 10.00. The number of hydrogen-bond acceptors (Lipinski definition) is 7. The van der Waals surface area contributed by atoms with Crippen molar-refractivity contribution in [3.05, 3.63) is 92.0 Å². The summed E-state index contributed by atoms with van der Waals surface area (Å²) in [4.78, 5) is 29.1. The Kier molecular flexibility index (Phi) is 6.12. The third-order valence-electron chi connectivity index (χ3n) is 5.86. The lowest BCUT2D eigenvalue weighted by Gasteiger charge is -2.26. The second-order valence-electron chi connectivity index (χ2n) is 7.92. The van der Waals surface area contributed by atoms with Crippen LogP contribution in [0, 0.1) is 0 Å². The Morgan fingerprint density at radius 3 is 2.63 bits per heavy atom. The zero-order chi connectivity index (χ0) is 24.7. The van der Waals surface area contributed by atoms with Gasteiger partial charge in [0.1, 0.15) is 11.6 Å². The van der Waals surface area contributed by atoms with Gasteiger partial charge in [0.15, 0.2) is 23.0 Å². The standard InChI is InChI=1S/C26H20BrNO6S/c1-32-18-7-5-14(10-19(18)33-2)13-28-23(21-4-3-9-35-21)22(25(30)26(28)31)24(29)20-12-15-11-16(27)6-8-17(15)34-20/h3-12,23,30H,13H2,1-2H3. The van der Waals surface area contributed by atoms with Crippen molar-refractivity contribution in [1.29, 1.82) is 0 Å². The summed E-state index contributed by atoms with van der Waals surface area (Å²) in [6.07, 6.45) is 0. The number of benzene rings is 2. The van der Waals surface area contributed by atoms with Crippen LogP contribution in [0.4, 0.5) is 0 Å². The molecular formula is C26H20BrNO6S. The van der Waals surface area contributed by atoms with E-state index in [1.54, 1.807) is 31.4 Å². The second-order valence-corrected chi connectivity index (χ2v) is 9.82. The van der Waals surface area contributed by atoms with Crippen LogP contribution in [0.25, 0.3) is 11.0 Å². The summed E-state index contributed by atoms with van der Waals surface area (Å²) in [7, 11) is 3.08. The van der Waals surface area contributed by atoms with Crippen molar-refractivity contribution in [3.8, 4) is 11.5 Å². The number of fused-ring (bicyclic) bond motifs is 1. The molecule has 9 heteroatoms.